The number of hydrogen-bond acceptors (Lipinski definition) is 7. The number of anilines is 1. The van der Waals surface area contributed by atoms with Crippen LogP contribution in [0.3, 0.4) is 0 Å². The molecule has 0 radical (unpaired) electrons. The fourth-order valence-corrected chi connectivity index (χ4v) is 4.37. The summed E-state index contributed by atoms with van der Waals surface area (Å²) in [6.45, 7) is 5.96. The molecule has 29 heavy (non-hydrogen) atoms. The summed E-state index contributed by atoms with van der Waals surface area (Å²) in [5.74, 6) is 0.607. The minimum Gasteiger partial charge on any atom is -0.382 e. The molecule has 0 spiro atoms. The third kappa shape index (κ3) is 4.64. The van der Waals surface area contributed by atoms with Crippen LogP contribution in [0, 0.1) is 0 Å². The zero-order valence-electron chi connectivity index (χ0n) is 16.5. The Labute approximate surface area is 184 Å². The maximum Gasteiger partial charge on any atom is 0.175 e. The van der Waals surface area contributed by atoms with Crippen LogP contribution >= 0.6 is 11.8 Å². The van der Waals surface area contributed by atoms with Gasteiger partial charge in [-0.1, -0.05) is 31.7 Å². The molecular weight excluding hydrogens is 428 g/mol. The third-order valence-electron chi connectivity index (χ3n) is 4.85. The van der Waals surface area contributed by atoms with Crippen molar-refractivity contribution < 1.29 is 21.9 Å². The van der Waals surface area contributed by atoms with Gasteiger partial charge in [0.05, 0.1) is 0 Å². The molecule has 1 aromatic carbocycles. The Morgan fingerprint density at radius 2 is 2.10 bits per heavy atom. The van der Waals surface area contributed by atoms with Gasteiger partial charge in [0, 0.05) is 46.5 Å². The summed E-state index contributed by atoms with van der Waals surface area (Å²) >= 11 is 1.54. The molecule has 0 amide bonds. The number of Topliss-reactive ketones (excluding diaryl/α,β-unsaturated/α-hetero) is 1. The van der Waals surface area contributed by atoms with Crippen molar-refractivity contribution >= 4 is 34.5 Å². The van der Waals surface area contributed by atoms with Crippen LogP contribution < -0.4 is 11.1 Å². The second-order valence-electron chi connectivity index (χ2n) is 7.28. The molecule has 2 aromatic heterocycles. The van der Waals surface area contributed by atoms with Crippen LogP contribution in [0.15, 0.2) is 34.6 Å². The number of benzene rings is 1. The smallest absolute Gasteiger partial charge is 0.175 e. The summed E-state index contributed by atoms with van der Waals surface area (Å²) in [7, 11) is 0. The topological polar surface area (TPSA) is 98.7 Å². The van der Waals surface area contributed by atoms with Crippen LogP contribution in [-0.4, -0.2) is 37.9 Å². The molecule has 1 aliphatic rings. The summed E-state index contributed by atoms with van der Waals surface area (Å²) in [5, 5.41) is 4.25. The van der Waals surface area contributed by atoms with Gasteiger partial charge in [-0.3, -0.25) is 4.79 Å². The van der Waals surface area contributed by atoms with Crippen molar-refractivity contribution in [3.8, 4) is 0 Å². The normalized spacial score (nSPS) is 13.1. The number of carbonyl (C=O) groups excluding carboxylic acids is 1. The fraction of sp³-hybridized carbons (Fsp3) is 0.400. The molecule has 3 aromatic rings. The first-order valence-corrected chi connectivity index (χ1v) is 10.4. The van der Waals surface area contributed by atoms with Crippen molar-refractivity contribution in [1.29, 1.82) is 0 Å². The van der Waals surface area contributed by atoms with E-state index in [2.05, 4.69) is 45.8 Å². The number of imidazole rings is 1. The van der Waals surface area contributed by atoms with E-state index in [9.17, 15) is 4.79 Å². The third-order valence-corrected chi connectivity index (χ3v) is 5.83. The van der Waals surface area contributed by atoms with Crippen LogP contribution in [-0.2, 0) is 30.0 Å². The molecule has 2 heterocycles. The molecular formula is C20H24FeN6OS. The minimum atomic E-state index is 0. The average molecular weight is 452 g/mol. The van der Waals surface area contributed by atoms with E-state index in [4.69, 9.17) is 10.7 Å². The van der Waals surface area contributed by atoms with E-state index < -0.39 is 0 Å². The van der Waals surface area contributed by atoms with Crippen LogP contribution in [0.1, 0.15) is 42.6 Å². The van der Waals surface area contributed by atoms with Gasteiger partial charge in [-0.25, -0.2) is 15.0 Å². The van der Waals surface area contributed by atoms with Gasteiger partial charge >= 0.3 is 0 Å². The zero-order valence-corrected chi connectivity index (χ0v) is 18.4. The maximum absolute atomic E-state index is 12.1. The zero-order chi connectivity index (χ0) is 19.7. The summed E-state index contributed by atoms with van der Waals surface area (Å²) in [6, 6.07) is 6.54. The van der Waals surface area contributed by atoms with Crippen molar-refractivity contribution in [2.75, 3.05) is 12.3 Å². The first kappa shape index (κ1) is 21.8. The number of aryl methyl sites for hydroxylation is 2. The number of fused-ring (bicyclic) bond motifs is 2. The van der Waals surface area contributed by atoms with Gasteiger partial charge < -0.3 is 15.6 Å². The molecule has 9 heteroatoms. The van der Waals surface area contributed by atoms with Crippen molar-refractivity contribution in [2.45, 2.75) is 55.7 Å². The minimum absolute atomic E-state index is 0. The predicted molar refractivity (Wildman–Crippen MR) is 111 cm³/mol. The second kappa shape index (κ2) is 9.26. The number of hydrogen-bond donors (Lipinski definition) is 2. The van der Waals surface area contributed by atoms with Crippen LogP contribution in [0.2, 0.25) is 0 Å². The van der Waals surface area contributed by atoms with Crippen LogP contribution in [0.5, 0.6) is 0 Å². The van der Waals surface area contributed by atoms with Gasteiger partial charge in [0.2, 0.25) is 0 Å². The van der Waals surface area contributed by atoms with Crippen LogP contribution in [0.25, 0.3) is 11.2 Å². The van der Waals surface area contributed by atoms with Crippen LogP contribution in [0.4, 0.5) is 5.82 Å². The summed E-state index contributed by atoms with van der Waals surface area (Å²) < 4.78 is 2.09. The molecule has 1 aliphatic carbocycles. The van der Waals surface area contributed by atoms with Gasteiger partial charge in [-0.2, -0.15) is 0 Å². The predicted octanol–water partition coefficient (Wildman–Crippen LogP) is 3.07. The molecule has 4 rings (SSSR count). The van der Waals surface area contributed by atoms with E-state index in [1.165, 1.54) is 18.1 Å². The maximum atomic E-state index is 12.1. The summed E-state index contributed by atoms with van der Waals surface area (Å²) in [4.78, 5) is 26.3. The Morgan fingerprint density at radius 3 is 2.90 bits per heavy atom. The number of rotatable bonds is 7. The first-order chi connectivity index (χ1) is 13.5. The van der Waals surface area contributed by atoms with E-state index in [0.717, 1.165) is 52.8 Å². The number of aromatic nitrogens is 4. The Kier molecular flexibility index (Phi) is 6.95. The fourth-order valence-electron chi connectivity index (χ4n) is 3.43. The number of nitrogen functional groups attached to an aromatic ring is 1. The van der Waals surface area contributed by atoms with E-state index in [1.807, 2.05) is 6.07 Å². The van der Waals surface area contributed by atoms with E-state index in [0.29, 0.717) is 23.8 Å². The largest absolute Gasteiger partial charge is 0.382 e. The SMILES string of the molecule is CC(C)NCCCn1c(Sc2ccc3c(c2)C(=O)CC3)nc2c(N)ncnc21.[Fe]. The van der Waals surface area contributed by atoms with Gasteiger partial charge in [0.15, 0.2) is 27.9 Å². The van der Waals surface area contributed by atoms with Crippen molar-refractivity contribution in [2.24, 2.45) is 0 Å². The molecule has 3 N–H and O–H groups in total. The number of nitrogens with two attached hydrogens (primary N) is 1. The van der Waals surface area contributed by atoms with E-state index in [1.54, 1.807) is 0 Å². The van der Waals surface area contributed by atoms with Crippen molar-refractivity contribution in [1.82, 2.24) is 24.8 Å². The molecule has 7 nitrogen and oxygen atoms in total. The quantitative estimate of drug-likeness (QED) is 0.420. The van der Waals surface area contributed by atoms with E-state index in [-0.39, 0.29) is 22.9 Å². The number of nitrogens with zero attached hydrogens (tertiary/aromatic N) is 4. The number of ketones is 1. The second-order valence-corrected chi connectivity index (χ2v) is 8.32. The monoisotopic (exact) mass is 452 g/mol. The van der Waals surface area contributed by atoms with Crippen molar-refractivity contribution in [3.63, 3.8) is 0 Å². The Hall–Kier alpha value is -1.93. The van der Waals surface area contributed by atoms with Crippen molar-refractivity contribution in [3.05, 3.63) is 35.7 Å². The van der Waals surface area contributed by atoms with Gasteiger partial charge in [0.1, 0.15) is 6.33 Å². The summed E-state index contributed by atoms with van der Waals surface area (Å²) in [6.07, 6.45) is 3.87. The molecule has 0 atom stereocenters. The molecule has 0 bridgehead atoms. The standard InChI is InChI=1S/C20H24N6OS.Fe/c1-12(2)22-8-3-9-26-19-17(18(21)23-11-24-19)25-20(26)28-14-6-4-13-5-7-16(27)15(13)10-14;/h4,6,10-12,22H,3,5,7-9H2,1-2H3,(H2,21,23,24);. The number of carbonyl (C=O) groups is 1. The molecule has 0 saturated carbocycles. The van der Waals surface area contributed by atoms with Gasteiger partial charge in [-0.15, -0.1) is 0 Å². The van der Waals surface area contributed by atoms with E-state index >= 15 is 0 Å². The molecule has 0 unspecified atom stereocenters. The average Bonchev–Trinajstić information content (AvgIpc) is 3.20. The molecule has 0 saturated heterocycles. The van der Waals surface area contributed by atoms with Gasteiger partial charge in [-0.05, 0) is 37.1 Å². The molecule has 154 valence electrons. The summed E-state index contributed by atoms with van der Waals surface area (Å²) in [5.41, 5.74) is 9.37. The molecule has 0 aliphatic heterocycles. The first-order valence-electron chi connectivity index (χ1n) is 9.57. The van der Waals surface area contributed by atoms with Gasteiger partial charge in [0.25, 0.3) is 0 Å². The Bertz CT molecular complexity index is 1040. The molecule has 0 fully saturated rings. The number of nitrogens with one attached hydrogen (secondary N) is 1. The Morgan fingerprint density at radius 1 is 1.28 bits per heavy atom. The Balaban J connectivity index is 0.00000240.